The average molecular weight is 556 g/mol. The van der Waals surface area contributed by atoms with Crippen molar-refractivity contribution in [1.29, 1.82) is 0 Å². The zero-order chi connectivity index (χ0) is 28.8. The molecule has 11 nitrogen and oxygen atoms in total. The van der Waals surface area contributed by atoms with Gasteiger partial charge in [0.05, 0.1) is 16.7 Å². The standard InChI is InChI=1S/C30H25N3O8/c31-23-16-17-33(30(37)32-23)26-25(41-29(36)21-14-8-3-9-15-21)24(40-28(35)20-12-6-2-7-13-20)22(39-26)18-38-27(34)19-10-4-1-5-11-19/h1-17,22,24-26H,18H2,(H2,31,32,37)/t22-,24+,25?,26-/m1/s1. The van der Waals surface area contributed by atoms with E-state index >= 15 is 0 Å². The number of nitrogen functional groups attached to an aromatic ring is 1. The van der Waals surface area contributed by atoms with Crippen molar-refractivity contribution in [3.05, 3.63) is 130 Å². The van der Waals surface area contributed by atoms with Gasteiger partial charge in [-0.1, -0.05) is 54.6 Å². The molecule has 1 saturated heterocycles. The summed E-state index contributed by atoms with van der Waals surface area (Å²) in [6, 6.07) is 26.0. The molecule has 0 aliphatic carbocycles. The summed E-state index contributed by atoms with van der Waals surface area (Å²) in [6.45, 7) is -0.381. The molecule has 1 aliphatic rings. The third kappa shape index (κ3) is 6.31. The number of benzene rings is 3. The summed E-state index contributed by atoms with van der Waals surface area (Å²) in [5, 5.41) is 0. The lowest BCUT2D eigenvalue weighted by atomic mass is 10.1. The zero-order valence-electron chi connectivity index (χ0n) is 21.6. The largest absolute Gasteiger partial charge is 0.459 e. The number of ether oxygens (including phenoxy) is 4. The van der Waals surface area contributed by atoms with E-state index in [2.05, 4.69) is 4.98 Å². The third-order valence-corrected chi connectivity index (χ3v) is 6.30. The quantitative estimate of drug-likeness (QED) is 0.254. The second-order valence-electron chi connectivity index (χ2n) is 9.04. The normalized spacial score (nSPS) is 19.7. The highest BCUT2D eigenvalue weighted by molar-refractivity contribution is 5.91. The fourth-order valence-corrected chi connectivity index (χ4v) is 4.30. The van der Waals surface area contributed by atoms with Crippen LogP contribution in [-0.2, 0) is 18.9 Å². The first-order valence-electron chi connectivity index (χ1n) is 12.6. The van der Waals surface area contributed by atoms with Gasteiger partial charge in [-0.2, -0.15) is 4.98 Å². The van der Waals surface area contributed by atoms with Crippen LogP contribution in [-0.4, -0.2) is 52.4 Å². The molecule has 41 heavy (non-hydrogen) atoms. The van der Waals surface area contributed by atoms with Crippen LogP contribution in [0.5, 0.6) is 0 Å². The molecule has 2 N–H and O–H groups in total. The van der Waals surface area contributed by atoms with Crippen LogP contribution in [0.25, 0.3) is 0 Å². The van der Waals surface area contributed by atoms with Crippen molar-refractivity contribution >= 4 is 23.7 Å². The minimum absolute atomic E-state index is 0.0255. The Bertz CT molecular complexity index is 1580. The molecule has 0 saturated carbocycles. The molecule has 0 bridgehead atoms. The van der Waals surface area contributed by atoms with Gasteiger partial charge in [0.15, 0.2) is 18.4 Å². The molecule has 3 aromatic carbocycles. The van der Waals surface area contributed by atoms with E-state index in [1.165, 1.54) is 12.3 Å². The fourth-order valence-electron chi connectivity index (χ4n) is 4.30. The maximum absolute atomic E-state index is 13.1. The lowest BCUT2D eigenvalue weighted by Gasteiger charge is -2.25. The van der Waals surface area contributed by atoms with Crippen LogP contribution in [0.2, 0.25) is 0 Å². The van der Waals surface area contributed by atoms with E-state index in [1.54, 1.807) is 91.0 Å². The molecular weight excluding hydrogens is 530 g/mol. The second kappa shape index (κ2) is 12.3. The van der Waals surface area contributed by atoms with Gasteiger partial charge in [-0.15, -0.1) is 0 Å². The first-order chi connectivity index (χ1) is 19.9. The van der Waals surface area contributed by atoms with Crippen LogP contribution in [0.1, 0.15) is 37.3 Å². The Kier molecular flexibility index (Phi) is 8.16. The minimum Gasteiger partial charge on any atom is -0.459 e. The zero-order valence-corrected chi connectivity index (χ0v) is 21.6. The maximum atomic E-state index is 13.1. The van der Waals surface area contributed by atoms with E-state index in [9.17, 15) is 19.2 Å². The number of carbonyl (C=O) groups excluding carboxylic acids is 3. The number of hydrogen-bond acceptors (Lipinski definition) is 10. The van der Waals surface area contributed by atoms with Crippen molar-refractivity contribution < 1.29 is 33.3 Å². The van der Waals surface area contributed by atoms with Crippen molar-refractivity contribution in [2.45, 2.75) is 24.5 Å². The smallest absolute Gasteiger partial charge is 0.351 e. The van der Waals surface area contributed by atoms with Gasteiger partial charge in [-0.3, -0.25) is 4.57 Å². The second-order valence-corrected chi connectivity index (χ2v) is 9.04. The average Bonchev–Trinajstić information content (AvgIpc) is 3.33. The lowest BCUT2D eigenvalue weighted by molar-refractivity contribution is -0.0639. The number of nitrogens with zero attached hydrogens (tertiary/aromatic N) is 2. The molecule has 2 heterocycles. The maximum Gasteiger partial charge on any atom is 0.351 e. The van der Waals surface area contributed by atoms with Crippen LogP contribution in [0.15, 0.2) is 108 Å². The molecule has 11 heteroatoms. The predicted molar refractivity (Wildman–Crippen MR) is 145 cm³/mol. The summed E-state index contributed by atoms with van der Waals surface area (Å²) in [5.41, 5.74) is 5.63. The van der Waals surface area contributed by atoms with Gasteiger partial charge in [0.25, 0.3) is 0 Å². The highest BCUT2D eigenvalue weighted by atomic mass is 16.7. The summed E-state index contributed by atoms with van der Waals surface area (Å²) in [4.78, 5) is 55.5. The van der Waals surface area contributed by atoms with Gasteiger partial charge in [0, 0.05) is 6.20 Å². The highest BCUT2D eigenvalue weighted by Crippen LogP contribution is 2.34. The molecule has 1 aromatic heterocycles. The van der Waals surface area contributed by atoms with Crippen molar-refractivity contribution in [2.24, 2.45) is 0 Å². The Hall–Kier alpha value is -5.29. The number of carbonyl (C=O) groups is 3. The number of anilines is 1. The van der Waals surface area contributed by atoms with Crippen LogP contribution in [0, 0.1) is 0 Å². The molecule has 1 unspecified atom stereocenters. The van der Waals surface area contributed by atoms with Crippen molar-refractivity contribution in [3.8, 4) is 0 Å². The monoisotopic (exact) mass is 555 g/mol. The van der Waals surface area contributed by atoms with Crippen LogP contribution >= 0.6 is 0 Å². The van der Waals surface area contributed by atoms with Gasteiger partial charge in [-0.05, 0) is 42.5 Å². The SMILES string of the molecule is Nc1ccn([C@@H]2O[C@H](COC(=O)c3ccccc3)[C@H](OC(=O)c3ccccc3)C2OC(=O)c2ccccc2)c(=O)n1. The topological polar surface area (TPSA) is 149 Å². The van der Waals surface area contributed by atoms with Crippen LogP contribution < -0.4 is 11.4 Å². The number of nitrogens with two attached hydrogens (primary N) is 1. The molecular formula is C30H25N3O8. The fraction of sp³-hybridized carbons (Fsp3) is 0.167. The lowest BCUT2D eigenvalue weighted by Crippen LogP contribution is -2.42. The van der Waals surface area contributed by atoms with E-state index < -0.39 is 48.1 Å². The van der Waals surface area contributed by atoms with E-state index in [-0.39, 0.29) is 23.6 Å². The molecule has 0 spiro atoms. The van der Waals surface area contributed by atoms with Gasteiger partial charge in [0.1, 0.15) is 18.5 Å². The Balaban J connectivity index is 1.49. The molecule has 5 rings (SSSR count). The number of aromatic nitrogens is 2. The molecule has 0 amide bonds. The molecule has 4 aromatic rings. The van der Waals surface area contributed by atoms with Crippen molar-refractivity contribution in [1.82, 2.24) is 9.55 Å². The summed E-state index contributed by atoms with van der Waals surface area (Å²) < 4.78 is 24.3. The summed E-state index contributed by atoms with van der Waals surface area (Å²) in [7, 11) is 0. The van der Waals surface area contributed by atoms with Gasteiger partial charge in [-0.25, -0.2) is 19.2 Å². The van der Waals surface area contributed by atoms with Crippen molar-refractivity contribution in [2.75, 3.05) is 12.3 Å². The van der Waals surface area contributed by atoms with Gasteiger partial charge >= 0.3 is 23.6 Å². The summed E-state index contributed by atoms with van der Waals surface area (Å²) in [6.07, 6.45) is -3.71. The number of rotatable bonds is 8. The number of hydrogen-bond donors (Lipinski definition) is 1. The Morgan fingerprint density at radius 3 is 1.73 bits per heavy atom. The third-order valence-electron chi connectivity index (χ3n) is 6.30. The molecule has 1 aliphatic heterocycles. The summed E-state index contributed by atoms with van der Waals surface area (Å²) in [5.74, 6) is -2.15. The van der Waals surface area contributed by atoms with Crippen molar-refractivity contribution in [3.63, 3.8) is 0 Å². The van der Waals surface area contributed by atoms with Gasteiger partial charge < -0.3 is 24.7 Å². The van der Waals surface area contributed by atoms with E-state index in [0.717, 1.165) is 4.57 Å². The highest BCUT2D eigenvalue weighted by Gasteiger charge is 2.51. The summed E-state index contributed by atoms with van der Waals surface area (Å²) >= 11 is 0. The molecule has 4 atom stereocenters. The Labute approximate surface area is 234 Å². The first kappa shape index (κ1) is 27.3. The molecule has 0 radical (unpaired) electrons. The van der Waals surface area contributed by atoms with Gasteiger partial charge in [0.2, 0.25) is 0 Å². The van der Waals surface area contributed by atoms with E-state index in [1.807, 2.05) is 0 Å². The Morgan fingerprint density at radius 1 is 0.732 bits per heavy atom. The Morgan fingerprint density at radius 2 is 1.22 bits per heavy atom. The molecule has 208 valence electrons. The molecule has 1 fully saturated rings. The van der Waals surface area contributed by atoms with Crippen LogP contribution in [0.3, 0.4) is 0 Å². The minimum atomic E-state index is -1.33. The number of esters is 3. The predicted octanol–water partition coefficient (Wildman–Crippen LogP) is 3.03. The first-order valence-corrected chi connectivity index (χ1v) is 12.6. The van der Waals surface area contributed by atoms with E-state index in [4.69, 9.17) is 24.7 Å². The van der Waals surface area contributed by atoms with Crippen LogP contribution in [0.4, 0.5) is 5.82 Å². The van der Waals surface area contributed by atoms with E-state index in [0.29, 0.717) is 5.56 Å².